The van der Waals surface area contributed by atoms with Crippen molar-refractivity contribution in [1.82, 2.24) is 9.21 Å². The van der Waals surface area contributed by atoms with Gasteiger partial charge in [0.15, 0.2) is 5.75 Å². The topological polar surface area (TPSA) is 60.9 Å². The zero-order valence-electron chi connectivity index (χ0n) is 31.0. The molecule has 1 saturated carbocycles. The lowest BCUT2D eigenvalue weighted by Gasteiger charge is -2.28. The van der Waals surface area contributed by atoms with Gasteiger partial charge in [-0.25, -0.2) is 12.9 Å². The molecule has 2 unspecified atom stereocenters. The average molecular weight is 788 g/mol. The minimum absolute atomic E-state index is 0.00617. The fraction of sp³-hybridized carbons (Fsp3) is 0.333. The Kier molecular flexibility index (Phi) is 13.1. The summed E-state index contributed by atoms with van der Waals surface area (Å²) in [5, 5.41) is 11.2. The van der Waals surface area contributed by atoms with Crippen LogP contribution < -0.4 is 0 Å². The highest BCUT2D eigenvalue weighted by atomic mass is 35.5. The third kappa shape index (κ3) is 9.86. The van der Waals surface area contributed by atoms with E-state index in [4.69, 9.17) is 23.2 Å². The Labute approximate surface area is 330 Å². The fourth-order valence-electron chi connectivity index (χ4n) is 7.53. The van der Waals surface area contributed by atoms with Crippen LogP contribution in [0.3, 0.4) is 0 Å². The molecule has 0 radical (unpaired) electrons. The molecule has 2 aliphatic rings. The number of aromatic hydroxyl groups is 1. The molecule has 5 nitrogen and oxygen atoms in total. The van der Waals surface area contributed by atoms with Crippen LogP contribution >= 0.6 is 23.2 Å². The molecule has 54 heavy (non-hydrogen) atoms. The van der Waals surface area contributed by atoms with Gasteiger partial charge in [-0.3, -0.25) is 4.79 Å². The molecule has 0 aliphatic heterocycles. The van der Waals surface area contributed by atoms with Crippen LogP contribution in [0.25, 0.3) is 0 Å². The maximum absolute atomic E-state index is 14.8. The smallest absolute Gasteiger partial charge is 0.254 e. The summed E-state index contributed by atoms with van der Waals surface area (Å²) in [6, 6.07) is 27.0. The largest absolute Gasteiger partial charge is 0.505 e. The maximum Gasteiger partial charge on any atom is 0.254 e. The first-order chi connectivity index (χ1) is 25.9. The number of carbonyl (C=O) groups is 1. The number of rotatable bonds is 13. The minimum Gasteiger partial charge on any atom is -0.505 e. The number of hydrogen-bond acceptors (Lipinski definition) is 3. The minimum atomic E-state index is -3.33. The summed E-state index contributed by atoms with van der Waals surface area (Å²) in [6.45, 7) is 5.68. The molecule has 0 saturated heterocycles. The van der Waals surface area contributed by atoms with Crippen LogP contribution in [0, 0.1) is 5.92 Å². The predicted octanol–water partition coefficient (Wildman–Crippen LogP) is 11.6. The molecule has 4 aromatic rings. The molecule has 284 valence electrons. The van der Waals surface area contributed by atoms with E-state index in [9.17, 15) is 18.5 Å². The Bertz CT molecular complexity index is 2110. The van der Waals surface area contributed by atoms with Gasteiger partial charge in [0.1, 0.15) is 5.83 Å². The van der Waals surface area contributed by atoms with E-state index in [2.05, 4.69) is 31.9 Å². The lowest BCUT2D eigenvalue weighted by Crippen LogP contribution is -2.34. The quantitative estimate of drug-likeness (QED) is 0.137. The van der Waals surface area contributed by atoms with Crippen LogP contribution in [0.2, 0.25) is 10.0 Å². The van der Waals surface area contributed by atoms with Crippen molar-refractivity contribution in [3.05, 3.63) is 152 Å². The molecule has 1 fully saturated rings. The number of benzene rings is 4. The van der Waals surface area contributed by atoms with Gasteiger partial charge in [0, 0.05) is 42.7 Å². The van der Waals surface area contributed by atoms with Gasteiger partial charge < -0.3 is 10.0 Å². The van der Waals surface area contributed by atoms with Gasteiger partial charge in [-0.2, -0.15) is 0 Å². The molecule has 2 aliphatic carbocycles. The van der Waals surface area contributed by atoms with E-state index in [0.717, 1.165) is 22.3 Å². The van der Waals surface area contributed by atoms with Gasteiger partial charge >= 0.3 is 0 Å². The Balaban J connectivity index is 1.25. The van der Waals surface area contributed by atoms with Crippen molar-refractivity contribution in [3.63, 3.8) is 0 Å². The molecule has 0 heterocycles. The summed E-state index contributed by atoms with van der Waals surface area (Å²) in [5.41, 5.74) is 5.74. The van der Waals surface area contributed by atoms with Crippen molar-refractivity contribution in [2.75, 3.05) is 6.54 Å². The Morgan fingerprint density at radius 3 is 2.19 bits per heavy atom. The molecule has 1 amide bonds. The zero-order chi connectivity index (χ0) is 38.4. The average Bonchev–Trinajstić information content (AvgIpc) is 3.16. The first-order valence-electron chi connectivity index (χ1n) is 18.8. The fourth-order valence-corrected chi connectivity index (χ4v) is 9.86. The second-order valence-electron chi connectivity index (χ2n) is 15.1. The monoisotopic (exact) mass is 786 g/mol. The normalized spacial score (nSPS) is 17.4. The van der Waals surface area contributed by atoms with Gasteiger partial charge in [-0.15, -0.1) is 0 Å². The van der Waals surface area contributed by atoms with E-state index in [1.165, 1.54) is 55.9 Å². The van der Waals surface area contributed by atoms with Gasteiger partial charge in [0.2, 0.25) is 0 Å². The summed E-state index contributed by atoms with van der Waals surface area (Å²) in [4.78, 5) is 15.9. The van der Waals surface area contributed by atoms with Crippen molar-refractivity contribution < 1.29 is 18.5 Å². The first kappa shape index (κ1) is 39.8. The summed E-state index contributed by atoms with van der Waals surface area (Å²) in [6.07, 6.45) is 11.8. The maximum atomic E-state index is 14.8. The standard InChI is InChI=1S/C45H49Cl2FN2O3S/c1-31(2)27-49(45(52)39-18-16-37(17-19-39)35-10-5-4-6-11-35)28-33-8-7-9-34(24-33)30-50(54(3,53)43-26-40(46)25-42(47)44(43)51)29-32-12-14-36(15-13-32)38-20-22-41(48)23-21-38/h7-9,12-20,22-26,31,35,38,51H,3-6,10-11,21,27-30H2,1-2H3. The highest BCUT2D eigenvalue weighted by Crippen LogP contribution is 2.37. The van der Waals surface area contributed by atoms with Crippen LogP contribution in [0.5, 0.6) is 5.75 Å². The third-order valence-corrected chi connectivity index (χ3v) is 13.0. The number of halogens is 3. The van der Waals surface area contributed by atoms with Crippen LogP contribution in [0.4, 0.5) is 4.39 Å². The lowest BCUT2D eigenvalue weighted by molar-refractivity contribution is 0.0722. The van der Waals surface area contributed by atoms with E-state index in [0.29, 0.717) is 31.0 Å². The Hall–Kier alpha value is -3.88. The van der Waals surface area contributed by atoms with Crippen LogP contribution in [-0.4, -0.2) is 36.8 Å². The van der Waals surface area contributed by atoms with E-state index in [-0.39, 0.29) is 57.3 Å². The molecule has 4 aromatic carbocycles. The van der Waals surface area contributed by atoms with E-state index in [1.807, 2.05) is 71.6 Å². The second-order valence-corrected chi connectivity index (χ2v) is 18.1. The molecule has 1 N–H and O–H groups in total. The van der Waals surface area contributed by atoms with Crippen molar-refractivity contribution in [2.24, 2.45) is 5.92 Å². The molecular formula is C45H49Cl2FN2O3S. The summed E-state index contributed by atoms with van der Waals surface area (Å²) < 4.78 is 30.1. The van der Waals surface area contributed by atoms with Crippen LogP contribution in [0.1, 0.15) is 102 Å². The van der Waals surface area contributed by atoms with Gasteiger partial charge in [-0.1, -0.05) is 123 Å². The predicted molar refractivity (Wildman–Crippen MR) is 221 cm³/mol. The molecule has 2 atom stereocenters. The number of nitrogens with zero attached hydrogens (tertiary/aromatic N) is 2. The second kappa shape index (κ2) is 17.7. The first-order valence-corrected chi connectivity index (χ1v) is 21.2. The zero-order valence-corrected chi connectivity index (χ0v) is 33.4. The number of hydrogen-bond donors (Lipinski definition) is 1. The van der Waals surface area contributed by atoms with Crippen molar-refractivity contribution >= 4 is 44.7 Å². The molecule has 0 spiro atoms. The van der Waals surface area contributed by atoms with E-state index < -0.39 is 9.71 Å². The Morgan fingerprint density at radius 2 is 1.54 bits per heavy atom. The summed E-state index contributed by atoms with van der Waals surface area (Å²) >= 11 is 12.6. The van der Waals surface area contributed by atoms with Crippen molar-refractivity contribution in [3.8, 4) is 5.75 Å². The Morgan fingerprint density at radius 1 is 0.889 bits per heavy atom. The molecule has 0 aromatic heterocycles. The number of carbonyl (C=O) groups excluding carboxylic acids is 1. The molecule has 0 bridgehead atoms. The van der Waals surface area contributed by atoms with E-state index in [1.54, 1.807) is 10.4 Å². The molecule has 9 heteroatoms. The number of allylic oxidation sites excluding steroid dienone is 4. The highest BCUT2D eigenvalue weighted by Gasteiger charge is 2.26. The number of phenolic OH excluding ortho intramolecular Hbond substituents is 1. The van der Waals surface area contributed by atoms with Gasteiger partial charge in [0.25, 0.3) is 5.91 Å². The summed E-state index contributed by atoms with van der Waals surface area (Å²) in [5.74, 6) is 4.50. The van der Waals surface area contributed by atoms with E-state index >= 15 is 0 Å². The highest BCUT2D eigenvalue weighted by molar-refractivity contribution is 7.98. The lowest BCUT2D eigenvalue weighted by atomic mass is 9.84. The third-order valence-electron chi connectivity index (χ3n) is 10.4. The SMILES string of the molecule is C=S(=O)(c1cc(Cl)cc(Cl)c1O)N(Cc1ccc(C2C=CC(F)=CC2)cc1)Cc1cccc(CN(CC(C)C)C(=O)c2ccc(C3CCCCC3)cc2)c1. The number of phenols is 1. The van der Waals surface area contributed by atoms with Crippen LogP contribution in [-0.2, 0) is 29.3 Å². The van der Waals surface area contributed by atoms with Gasteiger partial charge in [0.05, 0.1) is 19.6 Å². The van der Waals surface area contributed by atoms with Crippen molar-refractivity contribution in [1.29, 1.82) is 0 Å². The number of amides is 1. The summed E-state index contributed by atoms with van der Waals surface area (Å²) in [7, 11) is -3.33. The van der Waals surface area contributed by atoms with Gasteiger partial charge in [-0.05, 0) is 101 Å². The van der Waals surface area contributed by atoms with Crippen molar-refractivity contribution in [2.45, 2.75) is 88.7 Å². The van der Waals surface area contributed by atoms with Crippen LogP contribution in [0.15, 0.2) is 114 Å². The molecule has 6 rings (SSSR count). The molecular weight excluding hydrogens is 738 g/mol.